The molecule has 0 rings (SSSR count). The summed E-state index contributed by atoms with van der Waals surface area (Å²) >= 11 is 0. The minimum Gasteiger partial charge on any atom is -0.383 e. The quantitative estimate of drug-likeness (QED) is 0.385. The molecule has 0 aromatic carbocycles. The van der Waals surface area contributed by atoms with Gasteiger partial charge < -0.3 is 20.1 Å². The van der Waals surface area contributed by atoms with Crippen LogP contribution in [0.1, 0.15) is 6.42 Å². The van der Waals surface area contributed by atoms with Gasteiger partial charge in [0, 0.05) is 20.2 Å². The Morgan fingerprint density at radius 1 is 1.31 bits per heavy atom. The maximum Gasteiger partial charge on any atom is 0.234 e. The van der Waals surface area contributed by atoms with Crippen molar-refractivity contribution in [2.75, 3.05) is 46.6 Å². The van der Waals surface area contributed by atoms with E-state index in [1.54, 1.807) is 13.2 Å². The Morgan fingerprint density at radius 3 is 2.81 bits per heavy atom. The zero-order valence-corrected chi connectivity index (χ0v) is 9.96. The molecule has 0 spiro atoms. The van der Waals surface area contributed by atoms with E-state index in [0.717, 1.165) is 6.42 Å². The molecule has 0 aromatic rings. The van der Waals surface area contributed by atoms with Gasteiger partial charge in [0.1, 0.15) is 0 Å². The van der Waals surface area contributed by atoms with Gasteiger partial charge in [-0.15, -0.1) is 6.58 Å². The monoisotopic (exact) mass is 230 g/mol. The number of carbonyl (C=O) groups excluding carboxylic acids is 1. The van der Waals surface area contributed by atoms with Crippen LogP contribution in [-0.2, 0) is 14.3 Å². The second-order valence-corrected chi connectivity index (χ2v) is 3.21. The first-order chi connectivity index (χ1) is 7.81. The highest BCUT2D eigenvalue weighted by Crippen LogP contribution is 1.81. The molecule has 2 N–H and O–H groups in total. The third-order valence-corrected chi connectivity index (χ3v) is 1.80. The molecule has 0 bridgehead atoms. The molecule has 94 valence electrons. The molecule has 0 aliphatic carbocycles. The van der Waals surface area contributed by atoms with Crippen molar-refractivity contribution in [3.63, 3.8) is 0 Å². The zero-order valence-electron chi connectivity index (χ0n) is 9.96. The Hall–Kier alpha value is -0.910. The van der Waals surface area contributed by atoms with Crippen LogP contribution in [0.2, 0.25) is 0 Å². The van der Waals surface area contributed by atoms with Crippen molar-refractivity contribution in [3.05, 3.63) is 12.7 Å². The van der Waals surface area contributed by atoms with E-state index in [1.165, 1.54) is 0 Å². The van der Waals surface area contributed by atoms with Gasteiger partial charge in [0.15, 0.2) is 0 Å². The molecule has 0 fully saturated rings. The summed E-state index contributed by atoms with van der Waals surface area (Å²) in [7, 11) is 1.63. The van der Waals surface area contributed by atoms with E-state index in [4.69, 9.17) is 9.47 Å². The van der Waals surface area contributed by atoms with Gasteiger partial charge in [0.2, 0.25) is 5.91 Å². The molecule has 0 heterocycles. The zero-order chi connectivity index (χ0) is 12.1. The molecule has 16 heavy (non-hydrogen) atoms. The maximum absolute atomic E-state index is 11.2. The first-order valence-corrected chi connectivity index (χ1v) is 5.46. The summed E-state index contributed by atoms with van der Waals surface area (Å²) in [5.41, 5.74) is 0. The highest BCUT2D eigenvalue weighted by molar-refractivity contribution is 5.77. The molecular weight excluding hydrogens is 208 g/mol. The fourth-order valence-electron chi connectivity index (χ4n) is 0.970. The minimum atomic E-state index is -0.0246. The molecule has 0 aliphatic heterocycles. The van der Waals surface area contributed by atoms with Crippen LogP contribution >= 0.6 is 0 Å². The van der Waals surface area contributed by atoms with Gasteiger partial charge in [-0.3, -0.25) is 4.79 Å². The van der Waals surface area contributed by atoms with Gasteiger partial charge >= 0.3 is 0 Å². The molecule has 0 saturated carbocycles. The molecule has 0 atom stereocenters. The van der Waals surface area contributed by atoms with Crippen molar-refractivity contribution in [2.24, 2.45) is 0 Å². The Labute approximate surface area is 97.2 Å². The van der Waals surface area contributed by atoms with Crippen molar-refractivity contribution in [2.45, 2.75) is 6.42 Å². The SMILES string of the molecule is C=CCCOCCNC(=O)CNCCOC. The van der Waals surface area contributed by atoms with Crippen LogP contribution in [-0.4, -0.2) is 52.5 Å². The van der Waals surface area contributed by atoms with Crippen molar-refractivity contribution >= 4 is 5.91 Å². The van der Waals surface area contributed by atoms with Crippen LogP contribution in [0.5, 0.6) is 0 Å². The number of rotatable bonds is 11. The number of ether oxygens (including phenoxy) is 2. The number of methoxy groups -OCH3 is 1. The average molecular weight is 230 g/mol. The molecule has 5 nitrogen and oxygen atoms in total. The summed E-state index contributed by atoms with van der Waals surface area (Å²) in [6.45, 7) is 6.93. The second kappa shape index (κ2) is 12.2. The van der Waals surface area contributed by atoms with E-state index in [-0.39, 0.29) is 5.91 Å². The van der Waals surface area contributed by atoms with Gasteiger partial charge in [-0.1, -0.05) is 6.08 Å². The van der Waals surface area contributed by atoms with E-state index in [1.807, 2.05) is 0 Å². The maximum atomic E-state index is 11.2. The van der Waals surface area contributed by atoms with E-state index in [9.17, 15) is 4.79 Å². The van der Waals surface area contributed by atoms with E-state index >= 15 is 0 Å². The van der Waals surface area contributed by atoms with E-state index in [0.29, 0.717) is 39.5 Å². The fraction of sp³-hybridized carbons (Fsp3) is 0.727. The standard InChI is InChI=1S/C11H22N2O3/c1-3-4-7-16-9-6-13-11(14)10-12-5-8-15-2/h3,12H,1,4-10H2,2H3,(H,13,14). The predicted molar refractivity (Wildman–Crippen MR) is 63.4 cm³/mol. The number of hydrogen-bond acceptors (Lipinski definition) is 4. The predicted octanol–water partition coefficient (Wildman–Crippen LogP) is -0.0687. The Kier molecular flexibility index (Phi) is 11.5. The van der Waals surface area contributed by atoms with Gasteiger partial charge in [-0.2, -0.15) is 0 Å². The smallest absolute Gasteiger partial charge is 0.234 e. The van der Waals surface area contributed by atoms with E-state index < -0.39 is 0 Å². The lowest BCUT2D eigenvalue weighted by molar-refractivity contribution is -0.120. The number of amides is 1. The molecule has 0 aliphatic rings. The summed E-state index contributed by atoms with van der Waals surface area (Å²) < 4.78 is 10.1. The van der Waals surface area contributed by atoms with Gasteiger partial charge in [0.25, 0.3) is 0 Å². The largest absolute Gasteiger partial charge is 0.383 e. The molecule has 1 amide bonds. The lowest BCUT2D eigenvalue weighted by atomic mass is 10.4. The van der Waals surface area contributed by atoms with Gasteiger partial charge in [-0.05, 0) is 6.42 Å². The Balaban J connectivity index is 3.14. The van der Waals surface area contributed by atoms with Crippen molar-refractivity contribution < 1.29 is 14.3 Å². The van der Waals surface area contributed by atoms with Crippen LogP contribution < -0.4 is 10.6 Å². The van der Waals surface area contributed by atoms with Crippen LogP contribution in [0, 0.1) is 0 Å². The molecule has 0 aromatic heterocycles. The van der Waals surface area contributed by atoms with Gasteiger partial charge in [0.05, 0.1) is 26.4 Å². The molecule has 0 saturated heterocycles. The third kappa shape index (κ3) is 11.2. The average Bonchev–Trinajstić information content (AvgIpc) is 2.29. The van der Waals surface area contributed by atoms with Crippen LogP contribution in [0.15, 0.2) is 12.7 Å². The van der Waals surface area contributed by atoms with Crippen molar-refractivity contribution in [3.8, 4) is 0 Å². The number of carbonyl (C=O) groups is 1. The third-order valence-electron chi connectivity index (χ3n) is 1.80. The normalized spacial score (nSPS) is 10.1. The van der Waals surface area contributed by atoms with Crippen molar-refractivity contribution in [1.82, 2.24) is 10.6 Å². The molecule has 5 heteroatoms. The minimum absolute atomic E-state index is 0.0246. The summed E-state index contributed by atoms with van der Waals surface area (Å²) in [5.74, 6) is -0.0246. The highest BCUT2D eigenvalue weighted by atomic mass is 16.5. The molecular formula is C11H22N2O3. The summed E-state index contributed by atoms with van der Waals surface area (Å²) in [6, 6.07) is 0. The fourth-order valence-corrected chi connectivity index (χ4v) is 0.970. The Bertz CT molecular complexity index is 186. The highest BCUT2D eigenvalue weighted by Gasteiger charge is 1.98. The lowest BCUT2D eigenvalue weighted by Gasteiger charge is -2.06. The topological polar surface area (TPSA) is 59.6 Å². The van der Waals surface area contributed by atoms with E-state index in [2.05, 4.69) is 17.2 Å². The molecule has 0 unspecified atom stereocenters. The summed E-state index contributed by atoms with van der Waals surface area (Å²) in [5, 5.41) is 5.70. The first-order valence-electron chi connectivity index (χ1n) is 5.46. The Morgan fingerprint density at radius 2 is 2.12 bits per heavy atom. The second-order valence-electron chi connectivity index (χ2n) is 3.21. The van der Waals surface area contributed by atoms with Crippen LogP contribution in [0.25, 0.3) is 0 Å². The number of nitrogens with one attached hydrogen (secondary N) is 2. The summed E-state index contributed by atoms with van der Waals surface area (Å²) in [6.07, 6.45) is 2.64. The first kappa shape index (κ1) is 15.1. The van der Waals surface area contributed by atoms with Gasteiger partial charge in [-0.25, -0.2) is 0 Å². The van der Waals surface area contributed by atoms with Crippen LogP contribution in [0.4, 0.5) is 0 Å². The lowest BCUT2D eigenvalue weighted by Crippen LogP contribution is -2.36. The molecule has 0 radical (unpaired) electrons. The van der Waals surface area contributed by atoms with Crippen molar-refractivity contribution in [1.29, 1.82) is 0 Å². The number of hydrogen-bond donors (Lipinski definition) is 2. The van der Waals surface area contributed by atoms with Crippen LogP contribution in [0.3, 0.4) is 0 Å². The summed E-state index contributed by atoms with van der Waals surface area (Å²) in [4.78, 5) is 11.2.